The van der Waals surface area contributed by atoms with Crippen LogP contribution in [-0.4, -0.2) is 87.7 Å². The smallest absolute Gasteiger partial charge is 0.326 e. The lowest BCUT2D eigenvalue weighted by Crippen LogP contribution is -2.57. The molecule has 0 aromatic heterocycles. The lowest BCUT2D eigenvalue weighted by atomic mass is 10.2. The van der Waals surface area contributed by atoms with Gasteiger partial charge < -0.3 is 29.9 Å². The third-order valence-corrected chi connectivity index (χ3v) is 3.76. The molecule has 2 heterocycles. The van der Waals surface area contributed by atoms with Crippen LogP contribution in [0, 0.1) is 0 Å². The van der Waals surface area contributed by atoms with Gasteiger partial charge in [0.25, 0.3) is 0 Å². The second-order valence-electron chi connectivity index (χ2n) is 5.32. The van der Waals surface area contributed by atoms with E-state index < -0.39 is 30.3 Å². The molecule has 0 saturated carbocycles. The van der Waals surface area contributed by atoms with E-state index in [-0.39, 0.29) is 32.2 Å². The van der Waals surface area contributed by atoms with Crippen LogP contribution in [-0.2, 0) is 9.53 Å². The summed E-state index contributed by atoms with van der Waals surface area (Å²) in [6.45, 7) is 2.14. The number of amides is 2. The number of ether oxygens (including phenoxy) is 1. The molecule has 4 atom stereocenters. The van der Waals surface area contributed by atoms with Crippen molar-refractivity contribution in [3.8, 4) is 0 Å². The van der Waals surface area contributed by atoms with Gasteiger partial charge in [-0.2, -0.15) is 0 Å². The average Bonchev–Trinajstić information content (AvgIpc) is 2.81. The fourth-order valence-electron chi connectivity index (χ4n) is 2.62. The molecule has 0 spiro atoms. The zero-order valence-corrected chi connectivity index (χ0v) is 11.3. The van der Waals surface area contributed by atoms with Crippen LogP contribution >= 0.6 is 0 Å². The van der Waals surface area contributed by atoms with Crippen LogP contribution in [0.1, 0.15) is 13.3 Å². The molecule has 8 nitrogen and oxygen atoms in total. The molecule has 114 valence electrons. The van der Waals surface area contributed by atoms with Crippen LogP contribution in [0.3, 0.4) is 0 Å². The zero-order chi connectivity index (χ0) is 14.9. The molecule has 8 heteroatoms. The predicted molar refractivity (Wildman–Crippen MR) is 67.1 cm³/mol. The number of hydrogen-bond donors (Lipinski definition) is 3. The zero-order valence-electron chi connectivity index (χ0n) is 11.3. The van der Waals surface area contributed by atoms with Crippen molar-refractivity contribution in [1.82, 2.24) is 9.80 Å². The first-order valence-corrected chi connectivity index (χ1v) is 6.64. The molecule has 2 saturated heterocycles. The minimum atomic E-state index is -1.12. The van der Waals surface area contributed by atoms with E-state index >= 15 is 0 Å². The second-order valence-corrected chi connectivity index (χ2v) is 5.32. The van der Waals surface area contributed by atoms with E-state index in [1.54, 1.807) is 6.92 Å². The largest absolute Gasteiger partial charge is 0.480 e. The van der Waals surface area contributed by atoms with E-state index in [9.17, 15) is 14.7 Å². The predicted octanol–water partition coefficient (Wildman–Crippen LogP) is -1.29. The number of carbonyl (C=O) groups is 2. The summed E-state index contributed by atoms with van der Waals surface area (Å²) in [5, 5.41) is 27.8. The van der Waals surface area contributed by atoms with E-state index in [4.69, 9.17) is 14.9 Å². The monoisotopic (exact) mass is 288 g/mol. The van der Waals surface area contributed by atoms with E-state index in [0.717, 1.165) is 0 Å². The molecule has 3 N–H and O–H groups in total. The Hall–Kier alpha value is -1.38. The first kappa shape index (κ1) is 15.0. The van der Waals surface area contributed by atoms with Gasteiger partial charge in [0, 0.05) is 13.0 Å². The summed E-state index contributed by atoms with van der Waals surface area (Å²) in [5.74, 6) is -1.12. The first-order valence-electron chi connectivity index (χ1n) is 6.64. The van der Waals surface area contributed by atoms with Crippen LogP contribution in [0.2, 0.25) is 0 Å². The van der Waals surface area contributed by atoms with Crippen molar-refractivity contribution in [1.29, 1.82) is 0 Å². The van der Waals surface area contributed by atoms with Gasteiger partial charge in [0.2, 0.25) is 0 Å². The van der Waals surface area contributed by atoms with Gasteiger partial charge in [-0.05, 0) is 6.92 Å². The van der Waals surface area contributed by atoms with Crippen molar-refractivity contribution in [2.75, 3.05) is 26.3 Å². The summed E-state index contributed by atoms with van der Waals surface area (Å²) in [7, 11) is 0. The molecule has 0 aliphatic carbocycles. The maximum Gasteiger partial charge on any atom is 0.326 e. The van der Waals surface area contributed by atoms with Crippen LogP contribution in [0.25, 0.3) is 0 Å². The standard InChI is InChI=1S/C12H20N2O6/c1-7-6-20-9(5-15)4-13(7)12(19)14-3-8(16)2-10(14)11(17)18/h7-10,15-16H,2-6H2,1H3,(H,17,18)/t7?,8-,9?,10-/m0/s1. The number of β-amino-alcohol motifs (C(OH)–C–C–N with tert-alkyl or cyclic N) is 1. The number of nitrogens with zero attached hydrogens (tertiary/aromatic N) is 2. The normalized spacial score (nSPS) is 34.4. The fraction of sp³-hybridized carbons (Fsp3) is 0.833. The topological polar surface area (TPSA) is 111 Å². The molecule has 2 unspecified atom stereocenters. The van der Waals surface area contributed by atoms with Gasteiger partial charge in [-0.15, -0.1) is 0 Å². The molecule has 2 aliphatic heterocycles. The highest BCUT2D eigenvalue weighted by Gasteiger charge is 2.42. The minimum Gasteiger partial charge on any atom is -0.480 e. The summed E-state index contributed by atoms with van der Waals surface area (Å²) in [6, 6.07) is -1.62. The highest BCUT2D eigenvalue weighted by atomic mass is 16.5. The Morgan fingerprint density at radius 2 is 2.00 bits per heavy atom. The maximum absolute atomic E-state index is 12.5. The third-order valence-electron chi connectivity index (χ3n) is 3.76. The first-order chi connectivity index (χ1) is 9.43. The number of aliphatic carboxylic acids is 1. The van der Waals surface area contributed by atoms with E-state index in [0.29, 0.717) is 6.61 Å². The Labute approximate surface area is 116 Å². The van der Waals surface area contributed by atoms with Gasteiger partial charge in [-0.1, -0.05) is 0 Å². The van der Waals surface area contributed by atoms with Gasteiger partial charge in [0.05, 0.1) is 38.0 Å². The fourth-order valence-corrected chi connectivity index (χ4v) is 2.62. The van der Waals surface area contributed by atoms with Crippen molar-refractivity contribution in [3.05, 3.63) is 0 Å². The van der Waals surface area contributed by atoms with E-state index in [1.807, 2.05) is 0 Å². The molecule has 0 bridgehead atoms. The van der Waals surface area contributed by atoms with Gasteiger partial charge in [0.15, 0.2) is 0 Å². The number of likely N-dealkylation sites (tertiary alicyclic amines) is 1. The Balaban J connectivity index is 2.10. The molecule has 0 radical (unpaired) electrons. The summed E-state index contributed by atoms with van der Waals surface area (Å²) in [6.07, 6.45) is -1.22. The number of aliphatic hydroxyl groups is 2. The number of rotatable bonds is 2. The number of urea groups is 1. The molecule has 0 aromatic carbocycles. The lowest BCUT2D eigenvalue weighted by molar-refractivity contribution is -0.141. The molecule has 2 fully saturated rings. The number of aliphatic hydroxyl groups excluding tert-OH is 2. The molecule has 0 aromatic rings. The molecule has 2 amide bonds. The van der Waals surface area contributed by atoms with Gasteiger partial charge in [-0.25, -0.2) is 9.59 Å². The summed E-state index contributed by atoms with van der Waals surface area (Å²) in [5.41, 5.74) is 0. The van der Waals surface area contributed by atoms with Crippen molar-refractivity contribution in [3.63, 3.8) is 0 Å². The number of carboxylic acid groups (broad SMARTS) is 1. The van der Waals surface area contributed by atoms with E-state index in [2.05, 4.69) is 0 Å². The number of carbonyl (C=O) groups excluding carboxylic acids is 1. The Kier molecular flexibility index (Phi) is 4.46. The molecule has 20 heavy (non-hydrogen) atoms. The highest BCUT2D eigenvalue weighted by Crippen LogP contribution is 2.22. The molecule has 2 rings (SSSR count). The SMILES string of the molecule is CC1COC(CO)CN1C(=O)N1C[C@@H](O)C[C@H]1C(=O)O. The quantitative estimate of drug-likeness (QED) is 0.583. The third kappa shape index (κ3) is 2.87. The van der Waals surface area contributed by atoms with Crippen molar-refractivity contribution >= 4 is 12.0 Å². The van der Waals surface area contributed by atoms with Crippen LogP contribution in [0.15, 0.2) is 0 Å². The molecular formula is C12H20N2O6. The van der Waals surface area contributed by atoms with Crippen LogP contribution < -0.4 is 0 Å². The van der Waals surface area contributed by atoms with Crippen molar-refractivity contribution < 1.29 is 29.6 Å². The van der Waals surface area contributed by atoms with Crippen LogP contribution in [0.4, 0.5) is 4.79 Å². The Morgan fingerprint density at radius 3 is 2.60 bits per heavy atom. The summed E-state index contributed by atoms with van der Waals surface area (Å²) < 4.78 is 5.35. The van der Waals surface area contributed by atoms with Gasteiger partial charge in [0.1, 0.15) is 6.04 Å². The van der Waals surface area contributed by atoms with E-state index in [1.165, 1.54) is 9.80 Å². The lowest BCUT2D eigenvalue weighted by Gasteiger charge is -2.40. The Morgan fingerprint density at radius 1 is 1.30 bits per heavy atom. The van der Waals surface area contributed by atoms with Gasteiger partial charge >= 0.3 is 12.0 Å². The second kappa shape index (κ2) is 5.94. The van der Waals surface area contributed by atoms with Gasteiger partial charge in [-0.3, -0.25) is 0 Å². The highest BCUT2D eigenvalue weighted by molar-refractivity contribution is 5.83. The van der Waals surface area contributed by atoms with Crippen LogP contribution in [0.5, 0.6) is 0 Å². The maximum atomic E-state index is 12.5. The molecule has 2 aliphatic rings. The molecular weight excluding hydrogens is 268 g/mol. The number of morpholine rings is 1. The summed E-state index contributed by atoms with van der Waals surface area (Å²) >= 11 is 0. The minimum absolute atomic E-state index is 0.0175. The summed E-state index contributed by atoms with van der Waals surface area (Å²) in [4.78, 5) is 26.3. The number of carboxylic acids is 1. The number of hydrogen-bond acceptors (Lipinski definition) is 5. The average molecular weight is 288 g/mol. The van der Waals surface area contributed by atoms with Crippen molar-refractivity contribution in [2.24, 2.45) is 0 Å². The van der Waals surface area contributed by atoms with Crippen molar-refractivity contribution in [2.45, 2.75) is 37.6 Å². The Bertz CT molecular complexity index is 390.